The summed E-state index contributed by atoms with van der Waals surface area (Å²) in [4.78, 5) is 4.45. The van der Waals surface area contributed by atoms with Gasteiger partial charge in [0.25, 0.3) is 0 Å². The molecule has 1 aliphatic heterocycles. The molecule has 2 aromatic rings. The second-order valence-electron chi connectivity index (χ2n) is 3.01. The van der Waals surface area contributed by atoms with Crippen molar-refractivity contribution >= 4 is 16.5 Å². The Morgan fingerprint density at radius 2 is 2.40 bits per heavy atom. The summed E-state index contributed by atoms with van der Waals surface area (Å²) >= 11 is 1.58. The van der Waals surface area contributed by atoms with Gasteiger partial charge in [0.2, 0.25) is 5.13 Å². The summed E-state index contributed by atoms with van der Waals surface area (Å²) < 4.78 is 0. The van der Waals surface area contributed by atoms with Gasteiger partial charge in [-0.2, -0.15) is 15.4 Å². The van der Waals surface area contributed by atoms with E-state index >= 15 is 0 Å². The van der Waals surface area contributed by atoms with Crippen LogP contribution in [-0.2, 0) is 0 Å². The zero-order valence-corrected chi connectivity index (χ0v) is 8.53. The number of H-pyrrole nitrogens is 1. The van der Waals surface area contributed by atoms with Crippen molar-refractivity contribution in [2.24, 2.45) is 0 Å². The van der Waals surface area contributed by atoms with Gasteiger partial charge in [0.15, 0.2) is 0 Å². The van der Waals surface area contributed by atoms with Crippen LogP contribution in [0.15, 0.2) is 23.9 Å². The Morgan fingerprint density at radius 1 is 1.40 bits per heavy atom. The molecule has 2 aromatic heterocycles. The van der Waals surface area contributed by atoms with E-state index in [1.807, 2.05) is 22.7 Å². The van der Waals surface area contributed by atoms with Gasteiger partial charge >= 0.3 is 0 Å². The number of aromatic amines is 1. The molecule has 0 unspecified atom stereocenters. The Morgan fingerprint density at radius 3 is 3.13 bits per heavy atom. The number of hydrazine groups is 1. The van der Waals surface area contributed by atoms with Crippen LogP contribution in [0.3, 0.4) is 0 Å². The van der Waals surface area contributed by atoms with Crippen LogP contribution in [0.1, 0.15) is 0 Å². The summed E-state index contributed by atoms with van der Waals surface area (Å²) in [6.07, 6.45) is 5.60. The Kier molecular flexibility index (Phi) is 1.88. The summed E-state index contributed by atoms with van der Waals surface area (Å²) in [6, 6.07) is 0. The molecule has 0 saturated heterocycles. The van der Waals surface area contributed by atoms with Gasteiger partial charge in [-0.15, -0.1) is 11.3 Å². The maximum Gasteiger partial charge on any atom is 0.205 e. The lowest BCUT2D eigenvalue weighted by Crippen LogP contribution is -2.29. The molecule has 0 radical (unpaired) electrons. The van der Waals surface area contributed by atoms with Gasteiger partial charge in [-0.3, -0.25) is 5.01 Å². The summed E-state index contributed by atoms with van der Waals surface area (Å²) in [7, 11) is 0. The molecule has 1 aliphatic rings. The SMILES string of the molecule is C1=CNN(c2nc(-c3cn[nH]n3)cs2)C1. The lowest BCUT2D eigenvalue weighted by molar-refractivity contribution is 0.834. The van der Waals surface area contributed by atoms with Gasteiger partial charge in [-0.05, 0) is 6.08 Å². The Balaban J connectivity index is 1.88. The third-order valence-corrected chi connectivity index (χ3v) is 2.90. The number of nitrogens with zero attached hydrogens (tertiary/aromatic N) is 4. The van der Waals surface area contributed by atoms with Gasteiger partial charge in [0, 0.05) is 11.6 Å². The summed E-state index contributed by atoms with van der Waals surface area (Å²) in [5.41, 5.74) is 4.70. The fraction of sp³-hybridized carbons (Fsp3) is 0.125. The van der Waals surface area contributed by atoms with Gasteiger partial charge in [0.05, 0.1) is 12.7 Å². The van der Waals surface area contributed by atoms with Crippen molar-refractivity contribution in [1.29, 1.82) is 0 Å². The molecule has 3 rings (SSSR count). The van der Waals surface area contributed by atoms with Crippen molar-refractivity contribution < 1.29 is 0 Å². The minimum atomic E-state index is 0.768. The van der Waals surface area contributed by atoms with Crippen molar-refractivity contribution in [3.63, 3.8) is 0 Å². The average Bonchev–Trinajstić information content (AvgIpc) is 3.02. The molecule has 0 saturated carbocycles. The lowest BCUT2D eigenvalue weighted by Gasteiger charge is -2.13. The predicted octanol–water partition coefficient (Wildman–Crippen LogP) is 0.766. The summed E-state index contributed by atoms with van der Waals surface area (Å²) in [5.74, 6) is 0. The van der Waals surface area contributed by atoms with Crippen LogP contribution in [-0.4, -0.2) is 26.9 Å². The molecule has 15 heavy (non-hydrogen) atoms. The van der Waals surface area contributed by atoms with Gasteiger partial charge < -0.3 is 5.43 Å². The predicted molar refractivity (Wildman–Crippen MR) is 57.1 cm³/mol. The maximum absolute atomic E-state index is 4.45. The highest BCUT2D eigenvalue weighted by Crippen LogP contribution is 2.25. The van der Waals surface area contributed by atoms with E-state index < -0.39 is 0 Å². The van der Waals surface area contributed by atoms with E-state index in [-0.39, 0.29) is 0 Å². The highest BCUT2D eigenvalue weighted by atomic mass is 32.1. The first-order valence-electron chi connectivity index (χ1n) is 4.44. The fourth-order valence-electron chi connectivity index (χ4n) is 1.32. The Hall–Kier alpha value is -1.89. The fourth-order valence-corrected chi connectivity index (χ4v) is 2.11. The van der Waals surface area contributed by atoms with E-state index in [1.165, 1.54) is 0 Å². The molecule has 0 aliphatic carbocycles. The van der Waals surface area contributed by atoms with E-state index in [0.29, 0.717) is 0 Å². The topological polar surface area (TPSA) is 69.7 Å². The largest absolute Gasteiger partial charge is 0.304 e. The van der Waals surface area contributed by atoms with Gasteiger partial charge in [-0.25, -0.2) is 4.98 Å². The van der Waals surface area contributed by atoms with Gasteiger partial charge in [0.1, 0.15) is 11.4 Å². The second-order valence-corrected chi connectivity index (χ2v) is 3.85. The Bertz CT molecular complexity index is 465. The first-order chi connectivity index (χ1) is 7.43. The molecule has 0 atom stereocenters. The highest BCUT2D eigenvalue weighted by Gasteiger charge is 2.13. The molecular weight excluding hydrogens is 212 g/mol. The van der Waals surface area contributed by atoms with E-state index in [0.717, 1.165) is 23.1 Å². The molecule has 3 heterocycles. The smallest absolute Gasteiger partial charge is 0.205 e. The van der Waals surface area contributed by atoms with Crippen LogP contribution in [0.25, 0.3) is 11.4 Å². The number of thiazole rings is 1. The van der Waals surface area contributed by atoms with Crippen LogP contribution >= 0.6 is 11.3 Å². The van der Waals surface area contributed by atoms with Gasteiger partial charge in [-0.1, -0.05) is 0 Å². The number of hydrogen-bond donors (Lipinski definition) is 2. The number of rotatable bonds is 2. The maximum atomic E-state index is 4.45. The number of nitrogens with one attached hydrogen (secondary N) is 2. The highest BCUT2D eigenvalue weighted by molar-refractivity contribution is 7.14. The molecule has 7 heteroatoms. The molecule has 0 fully saturated rings. The van der Waals surface area contributed by atoms with Crippen LogP contribution in [0, 0.1) is 0 Å². The third-order valence-electron chi connectivity index (χ3n) is 2.04. The summed E-state index contributed by atoms with van der Waals surface area (Å²) in [6.45, 7) is 0.839. The van der Waals surface area contributed by atoms with Crippen molar-refractivity contribution in [3.8, 4) is 11.4 Å². The average molecular weight is 220 g/mol. The zero-order chi connectivity index (χ0) is 10.1. The first kappa shape index (κ1) is 8.42. The minimum absolute atomic E-state index is 0.768. The monoisotopic (exact) mass is 220 g/mol. The van der Waals surface area contributed by atoms with Crippen LogP contribution < -0.4 is 10.4 Å². The number of aromatic nitrogens is 4. The summed E-state index contributed by atoms with van der Waals surface area (Å²) in [5, 5.41) is 15.2. The molecule has 0 aromatic carbocycles. The minimum Gasteiger partial charge on any atom is -0.304 e. The van der Waals surface area contributed by atoms with E-state index in [4.69, 9.17) is 0 Å². The molecular formula is C8H8N6S. The molecule has 2 N–H and O–H groups in total. The standard InChI is InChI=1S/C8H8N6S/c1-2-10-14(3-1)8-11-7(5-15-8)6-4-9-13-12-6/h1-2,4-5,10H,3H2,(H,9,12,13). The zero-order valence-electron chi connectivity index (χ0n) is 7.71. The van der Waals surface area contributed by atoms with Crippen LogP contribution in [0.2, 0.25) is 0 Å². The number of anilines is 1. The van der Waals surface area contributed by atoms with E-state index in [1.54, 1.807) is 17.5 Å². The molecule has 0 bridgehead atoms. The van der Waals surface area contributed by atoms with E-state index in [9.17, 15) is 0 Å². The van der Waals surface area contributed by atoms with Crippen LogP contribution in [0.5, 0.6) is 0 Å². The Labute approximate surface area is 89.6 Å². The lowest BCUT2D eigenvalue weighted by atomic mass is 10.4. The first-order valence-corrected chi connectivity index (χ1v) is 5.32. The number of hydrogen-bond acceptors (Lipinski definition) is 6. The molecule has 6 nitrogen and oxygen atoms in total. The second kappa shape index (κ2) is 3.35. The molecule has 0 amide bonds. The van der Waals surface area contributed by atoms with Crippen LogP contribution in [0.4, 0.5) is 5.13 Å². The molecule has 0 spiro atoms. The van der Waals surface area contributed by atoms with E-state index in [2.05, 4.69) is 25.8 Å². The van der Waals surface area contributed by atoms with Crippen molar-refractivity contribution in [2.45, 2.75) is 0 Å². The van der Waals surface area contributed by atoms with Crippen molar-refractivity contribution in [3.05, 3.63) is 23.9 Å². The normalized spacial score (nSPS) is 14.5. The third kappa shape index (κ3) is 1.46. The quantitative estimate of drug-likeness (QED) is 0.782. The molecule has 76 valence electrons. The van der Waals surface area contributed by atoms with Crippen molar-refractivity contribution in [1.82, 2.24) is 25.8 Å². The van der Waals surface area contributed by atoms with Crippen molar-refractivity contribution in [2.75, 3.05) is 11.6 Å².